The van der Waals surface area contributed by atoms with Crippen molar-refractivity contribution in [2.45, 2.75) is 12.8 Å². The van der Waals surface area contributed by atoms with Gasteiger partial charge in [0.1, 0.15) is 17.1 Å². The van der Waals surface area contributed by atoms with Crippen molar-refractivity contribution in [3.05, 3.63) is 58.5 Å². The van der Waals surface area contributed by atoms with Crippen molar-refractivity contribution in [2.75, 3.05) is 19.7 Å². The number of hydrogen-bond donors (Lipinski definition) is 1. The summed E-state index contributed by atoms with van der Waals surface area (Å²) in [6.45, 7) is 1.58. The molecule has 7 heteroatoms. The van der Waals surface area contributed by atoms with Crippen LogP contribution in [0.15, 0.2) is 41.6 Å². The second kappa shape index (κ2) is 7.25. The average molecular weight is 331 g/mol. The molecule has 0 unspecified atom stereocenters. The molecule has 0 bridgehead atoms. The van der Waals surface area contributed by atoms with Crippen molar-refractivity contribution < 1.29 is 13.9 Å². The lowest BCUT2D eigenvalue weighted by molar-refractivity contribution is 0.0631. The Kier molecular flexibility index (Phi) is 4.88. The van der Waals surface area contributed by atoms with Crippen molar-refractivity contribution in [1.82, 2.24) is 14.9 Å². The first-order valence-corrected chi connectivity index (χ1v) is 7.84. The molecule has 0 spiro atoms. The van der Waals surface area contributed by atoms with Crippen LogP contribution in [-0.2, 0) is 0 Å². The average Bonchev–Trinajstić information content (AvgIpc) is 2.61. The van der Waals surface area contributed by atoms with Gasteiger partial charge >= 0.3 is 0 Å². The van der Waals surface area contributed by atoms with Gasteiger partial charge < -0.3 is 14.6 Å². The molecule has 0 aliphatic carbocycles. The van der Waals surface area contributed by atoms with E-state index in [2.05, 4.69) is 9.97 Å². The van der Waals surface area contributed by atoms with Crippen LogP contribution in [0, 0.1) is 11.7 Å². The number of piperidine rings is 1. The summed E-state index contributed by atoms with van der Waals surface area (Å²) in [5.74, 6) is 0.154. The fourth-order valence-corrected chi connectivity index (χ4v) is 2.80. The molecule has 1 fully saturated rings. The summed E-state index contributed by atoms with van der Waals surface area (Å²) in [4.78, 5) is 32.1. The fraction of sp³-hybridized carbons (Fsp3) is 0.353. The predicted molar refractivity (Wildman–Crippen MR) is 85.4 cm³/mol. The maximum atomic E-state index is 12.9. The molecular formula is C17H18FN3O3. The molecule has 1 saturated heterocycles. The van der Waals surface area contributed by atoms with Gasteiger partial charge in [-0.1, -0.05) is 0 Å². The molecule has 1 aliphatic rings. The Labute approximate surface area is 138 Å². The van der Waals surface area contributed by atoms with Crippen molar-refractivity contribution in [3.8, 4) is 5.75 Å². The summed E-state index contributed by atoms with van der Waals surface area (Å²) in [6, 6.07) is 5.86. The Morgan fingerprint density at radius 2 is 2.17 bits per heavy atom. The summed E-state index contributed by atoms with van der Waals surface area (Å²) in [5.41, 5.74) is -0.378. The molecule has 126 valence electrons. The van der Waals surface area contributed by atoms with Crippen molar-refractivity contribution in [2.24, 2.45) is 5.92 Å². The molecule has 1 amide bonds. The van der Waals surface area contributed by atoms with Crippen LogP contribution in [0.3, 0.4) is 0 Å². The highest BCUT2D eigenvalue weighted by molar-refractivity contribution is 5.93. The van der Waals surface area contributed by atoms with Gasteiger partial charge in [0.2, 0.25) is 0 Å². The van der Waals surface area contributed by atoms with Gasteiger partial charge in [-0.15, -0.1) is 0 Å². The Balaban J connectivity index is 1.60. The summed E-state index contributed by atoms with van der Waals surface area (Å²) in [7, 11) is 0. The van der Waals surface area contributed by atoms with Crippen LogP contribution >= 0.6 is 0 Å². The van der Waals surface area contributed by atoms with Crippen LogP contribution in [0.5, 0.6) is 5.75 Å². The third kappa shape index (κ3) is 3.79. The summed E-state index contributed by atoms with van der Waals surface area (Å²) < 4.78 is 18.6. The number of nitrogens with zero attached hydrogens (tertiary/aromatic N) is 2. The first-order chi connectivity index (χ1) is 11.6. The molecule has 1 aromatic carbocycles. The smallest absolute Gasteiger partial charge is 0.263 e. The van der Waals surface area contributed by atoms with E-state index in [1.54, 1.807) is 17.0 Å². The maximum Gasteiger partial charge on any atom is 0.263 e. The first kappa shape index (κ1) is 16.2. The molecule has 6 nitrogen and oxygen atoms in total. The topological polar surface area (TPSA) is 75.3 Å². The zero-order valence-corrected chi connectivity index (χ0v) is 13.1. The Hall–Kier alpha value is -2.70. The summed E-state index contributed by atoms with van der Waals surface area (Å²) in [6.07, 6.45) is 4.34. The minimum atomic E-state index is -0.431. The highest BCUT2D eigenvalue weighted by Gasteiger charge is 2.26. The lowest BCUT2D eigenvalue weighted by Crippen LogP contribution is -2.43. The van der Waals surface area contributed by atoms with Gasteiger partial charge in [-0.3, -0.25) is 9.59 Å². The molecule has 1 N–H and O–H groups in total. The minimum absolute atomic E-state index is 0.0533. The number of nitrogens with one attached hydrogen (secondary N) is 1. The molecule has 0 radical (unpaired) electrons. The van der Waals surface area contributed by atoms with Gasteiger partial charge in [-0.05, 0) is 37.1 Å². The molecule has 1 aromatic heterocycles. The Morgan fingerprint density at radius 1 is 1.38 bits per heavy atom. The van der Waals surface area contributed by atoms with Crippen LogP contribution in [0.25, 0.3) is 0 Å². The Bertz CT molecular complexity index is 760. The number of aromatic nitrogens is 2. The number of aromatic amines is 1. The number of carbonyl (C=O) groups is 1. The van der Waals surface area contributed by atoms with E-state index in [9.17, 15) is 14.0 Å². The predicted octanol–water partition coefficient (Wildman–Crippen LogP) is 1.84. The van der Waals surface area contributed by atoms with Crippen LogP contribution in [0.1, 0.15) is 23.2 Å². The molecule has 1 aliphatic heterocycles. The van der Waals surface area contributed by atoms with Crippen molar-refractivity contribution in [3.63, 3.8) is 0 Å². The van der Waals surface area contributed by atoms with Gasteiger partial charge in [0, 0.05) is 25.2 Å². The van der Waals surface area contributed by atoms with Gasteiger partial charge in [0.15, 0.2) is 0 Å². The number of rotatable bonds is 4. The van der Waals surface area contributed by atoms with Crippen LogP contribution in [-0.4, -0.2) is 40.5 Å². The molecule has 0 saturated carbocycles. The molecule has 2 aromatic rings. The van der Waals surface area contributed by atoms with E-state index in [4.69, 9.17) is 4.74 Å². The van der Waals surface area contributed by atoms with Gasteiger partial charge in [-0.2, -0.15) is 0 Å². The summed E-state index contributed by atoms with van der Waals surface area (Å²) in [5, 5.41) is 0. The lowest BCUT2D eigenvalue weighted by Gasteiger charge is -2.32. The molecule has 24 heavy (non-hydrogen) atoms. The maximum absolute atomic E-state index is 12.9. The zero-order valence-electron chi connectivity index (χ0n) is 13.1. The van der Waals surface area contributed by atoms with Crippen molar-refractivity contribution in [1.29, 1.82) is 0 Å². The third-order valence-corrected chi connectivity index (χ3v) is 4.05. The minimum Gasteiger partial charge on any atom is -0.493 e. The number of ether oxygens (including phenoxy) is 1. The highest BCUT2D eigenvalue weighted by Crippen LogP contribution is 2.20. The second-order valence-corrected chi connectivity index (χ2v) is 5.82. The van der Waals surface area contributed by atoms with Crippen LogP contribution in [0.4, 0.5) is 4.39 Å². The Morgan fingerprint density at radius 3 is 2.92 bits per heavy atom. The monoisotopic (exact) mass is 331 g/mol. The van der Waals surface area contributed by atoms with Gasteiger partial charge in [0.25, 0.3) is 11.5 Å². The fourth-order valence-electron chi connectivity index (χ4n) is 2.80. The number of hydrogen-bond acceptors (Lipinski definition) is 4. The van der Waals surface area contributed by atoms with E-state index in [0.29, 0.717) is 25.4 Å². The van der Waals surface area contributed by atoms with Crippen molar-refractivity contribution >= 4 is 5.91 Å². The van der Waals surface area contributed by atoms with E-state index in [1.165, 1.54) is 24.7 Å². The normalized spacial score (nSPS) is 17.5. The van der Waals surface area contributed by atoms with E-state index < -0.39 is 5.56 Å². The number of carbonyl (C=O) groups excluding carboxylic acids is 1. The number of likely N-dealkylation sites (tertiary alicyclic amines) is 1. The number of halogens is 1. The van der Waals surface area contributed by atoms with E-state index in [0.717, 1.165) is 12.8 Å². The SMILES string of the molecule is O=C(c1cnc[nH]c1=O)N1CCC[C@H](COc2ccc(F)cc2)C1. The molecule has 1 atom stereocenters. The lowest BCUT2D eigenvalue weighted by atomic mass is 9.98. The second-order valence-electron chi connectivity index (χ2n) is 5.82. The molecule has 2 heterocycles. The standard InChI is InChI=1S/C17H18FN3O3/c18-13-3-5-14(6-4-13)24-10-12-2-1-7-21(9-12)17(23)15-8-19-11-20-16(15)22/h3-6,8,11-12H,1-2,7,9-10H2,(H,19,20,22)/t12-/m0/s1. The van der Waals surface area contributed by atoms with Gasteiger partial charge in [0.05, 0.1) is 12.9 Å². The molecule has 3 rings (SSSR count). The quantitative estimate of drug-likeness (QED) is 0.927. The van der Waals surface area contributed by atoms with E-state index in [-0.39, 0.29) is 23.2 Å². The molecular weight excluding hydrogens is 313 g/mol. The number of H-pyrrole nitrogens is 1. The summed E-state index contributed by atoms with van der Waals surface area (Å²) >= 11 is 0. The zero-order chi connectivity index (χ0) is 16.9. The van der Waals surface area contributed by atoms with Crippen LogP contribution in [0.2, 0.25) is 0 Å². The third-order valence-electron chi connectivity index (χ3n) is 4.05. The largest absolute Gasteiger partial charge is 0.493 e. The first-order valence-electron chi connectivity index (χ1n) is 7.84. The van der Waals surface area contributed by atoms with Gasteiger partial charge in [-0.25, -0.2) is 9.37 Å². The number of amides is 1. The van der Waals surface area contributed by atoms with Crippen LogP contribution < -0.4 is 10.3 Å². The highest BCUT2D eigenvalue weighted by atomic mass is 19.1. The number of benzene rings is 1. The van der Waals surface area contributed by atoms with E-state index in [1.807, 2.05) is 0 Å². The van der Waals surface area contributed by atoms with E-state index >= 15 is 0 Å².